The highest BCUT2D eigenvalue weighted by atomic mass is 32.2. The third kappa shape index (κ3) is 5.52. The Kier molecular flexibility index (Phi) is 6.33. The van der Waals surface area contributed by atoms with E-state index in [1.54, 1.807) is 36.0 Å². The molecule has 1 heterocycles. The van der Waals surface area contributed by atoms with Gasteiger partial charge in [-0.2, -0.15) is 0 Å². The Morgan fingerprint density at radius 1 is 1.03 bits per heavy atom. The Hall–Kier alpha value is -3.58. The zero-order valence-electron chi connectivity index (χ0n) is 17.2. The van der Waals surface area contributed by atoms with Crippen LogP contribution >= 0.6 is 11.8 Å². The predicted molar refractivity (Wildman–Crippen MR) is 120 cm³/mol. The fourth-order valence-corrected chi connectivity index (χ4v) is 3.89. The fourth-order valence-electron chi connectivity index (χ4n) is 2.89. The normalized spacial score (nSPS) is 10.6. The molecule has 0 atom stereocenters. The van der Waals surface area contributed by atoms with Gasteiger partial charge in [0.1, 0.15) is 5.75 Å². The molecule has 4 aromatic rings. The van der Waals surface area contributed by atoms with Crippen molar-refractivity contribution in [3.05, 3.63) is 84.3 Å². The first-order valence-corrected chi connectivity index (χ1v) is 10.5. The molecular formula is C24H21N3O3S. The number of ether oxygens (including phenoxy) is 1. The van der Waals surface area contributed by atoms with E-state index < -0.39 is 0 Å². The minimum Gasteiger partial charge on any atom is -0.484 e. The topological polar surface area (TPSA) is 77.2 Å². The molecule has 7 heteroatoms. The van der Waals surface area contributed by atoms with E-state index in [9.17, 15) is 4.79 Å². The highest BCUT2D eigenvalue weighted by Crippen LogP contribution is 2.31. The van der Waals surface area contributed by atoms with E-state index in [1.807, 2.05) is 24.3 Å². The van der Waals surface area contributed by atoms with Crippen LogP contribution in [0.2, 0.25) is 0 Å². The van der Waals surface area contributed by atoms with Crippen LogP contribution in [0.1, 0.15) is 11.1 Å². The second kappa shape index (κ2) is 9.49. The molecule has 156 valence electrons. The maximum absolute atomic E-state index is 12.2. The number of aromatic nitrogens is 2. The number of nitrogens with one attached hydrogen (secondary N) is 1. The smallest absolute Gasteiger partial charge is 0.262 e. The maximum atomic E-state index is 12.2. The van der Waals surface area contributed by atoms with Gasteiger partial charge in [-0.3, -0.25) is 4.79 Å². The van der Waals surface area contributed by atoms with Crippen molar-refractivity contribution in [2.45, 2.75) is 23.6 Å². The van der Waals surface area contributed by atoms with Gasteiger partial charge in [0.2, 0.25) is 12.3 Å². The molecule has 0 saturated carbocycles. The molecular weight excluding hydrogens is 410 g/mol. The molecule has 1 aromatic heterocycles. The van der Waals surface area contributed by atoms with Gasteiger partial charge in [0.25, 0.3) is 5.91 Å². The summed E-state index contributed by atoms with van der Waals surface area (Å²) < 4.78 is 10.7. The Labute approximate surface area is 184 Å². The van der Waals surface area contributed by atoms with Crippen molar-refractivity contribution in [1.82, 2.24) is 10.2 Å². The predicted octanol–water partition coefficient (Wildman–Crippen LogP) is 5.52. The van der Waals surface area contributed by atoms with Gasteiger partial charge in [-0.05, 0) is 79.6 Å². The minimum atomic E-state index is -0.226. The number of carbonyl (C=O) groups is 1. The third-order valence-corrected chi connectivity index (χ3v) is 5.71. The molecule has 0 aliphatic carbocycles. The SMILES string of the molecule is Cc1ccc(C)c(Sc2ccc(NC(=O)COc3ccc(-c4nnco4)cc3)cc2)c1. The maximum Gasteiger partial charge on any atom is 0.262 e. The Morgan fingerprint density at radius 2 is 1.81 bits per heavy atom. The molecule has 0 saturated heterocycles. The zero-order valence-corrected chi connectivity index (χ0v) is 18.0. The molecule has 0 unspecified atom stereocenters. The lowest BCUT2D eigenvalue weighted by Crippen LogP contribution is -2.20. The van der Waals surface area contributed by atoms with E-state index in [2.05, 4.69) is 47.6 Å². The summed E-state index contributed by atoms with van der Waals surface area (Å²) in [5.41, 5.74) is 4.00. The highest BCUT2D eigenvalue weighted by molar-refractivity contribution is 7.99. The van der Waals surface area contributed by atoms with Crippen LogP contribution < -0.4 is 10.1 Å². The molecule has 3 aromatic carbocycles. The molecule has 0 radical (unpaired) electrons. The largest absolute Gasteiger partial charge is 0.484 e. The Balaban J connectivity index is 1.29. The summed E-state index contributed by atoms with van der Waals surface area (Å²) in [4.78, 5) is 14.6. The first kappa shape index (κ1) is 20.7. The summed E-state index contributed by atoms with van der Waals surface area (Å²) >= 11 is 1.71. The summed E-state index contributed by atoms with van der Waals surface area (Å²) in [5, 5.41) is 10.4. The molecule has 0 bridgehead atoms. The Bertz CT molecular complexity index is 1160. The number of rotatable bonds is 7. The van der Waals surface area contributed by atoms with E-state index >= 15 is 0 Å². The van der Waals surface area contributed by atoms with Crippen LogP contribution in [0.5, 0.6) is 5.75 Å². The van der Waals surface area contributed by atoms with Crippen LogP contribution in [-0.2, 0) is 4.79 Å². The summed E-state index contributed by atoms with van der Waals surface area (Å²) in [7, 11) is 0. The van der Waals surface area contributed by atoms with Crippen LogP contribution in [0.4, 0.5) is 5.69 Å². The number of hydrogen-bond donors (Lipinski definition) is 1. The monoisotopic (exact) mass is 431 g/mol. The quantitative estimate of drug-likeness (QED) is 0.415. The molecule has 1 N–H and O–H groups in total. The van der Waals surface area contributed by atoms with Gasteiger partial charge in [-0.1, -0.05) is 23.9 Å². The summed E-state index contributed by atoms with van der Waals surface area (Å²) in [5.74, 6) is 0.790. The van der Waals surface area contributed by atoms with E-state index in [4.69, 9.17) is 9.15 Å². The van der Waals surface area contributed by atoms with Gasteiger partial charge in [-0.25, -0.2) is 0 Å². The Morgan fingerprint density at radius 3 is 2.52 bits per heavy atom. The number of amides is 1. The molecule has 0 aliphatic rings. The lowest BCUT2D eigenvalue weighted by Gasteiger charge is -2.09. The van der Waals surface area contributed by atoms with Crippen molar-refractivity contribution in [3.8, 4) is 17.2 Å². The molecule has 0 spiro atoms. The average Bonchev–Trinajstić information content (AvgIpc) is 3.32. The van der Waals surface area contributed by atoms with E-state index in [0.717, 1.165) is 16.1 Å². The van der Waals surface area contributed by atoms with Gasteiger partial charge >= 0.3 is 0 Å². The first-order valence-electron chi connectivity index (χ1n) is 9.71. The number of benzene rings is 3. The molecule has 1 amide bonds. The number of nitrogens with zero attached hydrogens (tertiary/aromatic N) is 2. The fraction of sp³-hybridized carbons (Fsp3) is 0.125. The van der Waals surface area contributed by atoms with Crippen molar-refractivity contribution in [1.29, 1.82) is 0 Å². The molecule has 0 fully saturated rings. The number of aryl methyl sites for hydroxylation is 2. The molecule has 31 heavy (non-hydrogen) atoms. The van der Waals surface area contributed by atoms with Gasteiger partial charge in [0.15, 0.2) is 6.61 Å². The standard InChI is InChI=1S/C24H21N3O3S/c1-16-3-4-17(2)22(13-16)31-21-11-7-19(8-12-21)26-23(28)14-29-20-9-5-18(6-10-20)24-27-25-15-30-24/h3-13,15H,14H2,1-2H3,(H,26,28). The van der Waals surface area contributed by atoms with Gasteiger partial charge in [0, 0.05) is 21.0 Å². The second-order valence-electron chi connectivity index (χ2n) is 7.00. The summed E-state index contributed by atoms with van der Waals surface area (Å²) in [6.45, 7) is 4.11. The van der Waals surface area contributed by atoms with E-state index in [1.165, 1.54) is 22.4 Å². The number of hydrogen-bond acceptors (Lipinski definition) is 6. The zero-order chi connectivity index (χ0) is 21.6. The lowest BCUT2D eigenvalue weighted by atomic mass is 10.2. The highest BCUT2D eigenvalue weighted by Gasteiger charge is 2.07. The minimum absolute atomic E-state index is 0.0844. The van der Waals surface area contributed by atoms with Crippen LogP contribution in [-0.4, -0.2) is 22.7 Å². The van der Waals surface area contributed by atoms with Gasteiger partial charge in [0.05, 0.1) is 0 Å². The van der Waals surface area contributed by atoms with Gasteiger partial charge < -0.3 is 14.5 Å². The molecule has 4 rings (SSSR count). The summed E-state index contributed by atoms with van der Waals surface area (Å²) in [6, 6.07) is 21.3. The van der Waals surface area contributed by atoms with Crippen molar-refractivity contribution in [2.24, 2.45) is 0 Å². The van der Waals surface area contributed by atoms with Crippen LogP contribution in [0.15, 0.2) is 87.3 Å². The third-order valence-electron chi connectivity index (χ3n) is 4.54. The number of anilines is 1. The molecule has 0 aliphatic heterocycles. The number of carbonyl (C=O) groups excluding carboxylic acids is 1. The summed E-state index contributed by atoms with van der Waals surface area (Å²) in [6.07, 6.45) is 1.28. The average molecular weight is 432 g/mol. The van der Waals surface area contributed by atoms with Crippen LogP contribution in [0, 0.1) is 13.8 Å². The van der Waals surface area contributed by atoms with Crippen LogP contribution in [0.25, 0.3) is 11.5 Å². The van der Waals surface area contributed by atoms with Crippen molar-refractivity contribution < 1.29 is 13.9 Å². The van der Waals surface area contributed by atoms with E-state index in [-0.39, 0.29) is 12.5 Å². The van der Waals surface area contributed by atoms with Crippen molar-refractivity contribution >= 4 is 23.4 Å². The molecule has 6 nitrogen and oxygen atoms in total. The van der Waals surface area contributed by atoms with Crippen molar-refractivity contribution in [3.63, 3.8) is 0 Å². The second-order valence-corrected chi connectivity index (χ2v) is 8.12. The first-order chi connectivity index (χ1) is 15.1. The van der Waals surface area contributed by atoms with Crippen LogP contribution in [0.3, 0.4) is 0 Å². The van der Waals surface area contributed by atoms with Gasteiger partial charge in [-0.15, -0.1) is 10.2 Å². The van der Waals surface area contributed by atoms with Crippen molar-refractivity contribution in [2.75, 3.05) is 11.9 Å². The van der Waals surface area contributed by atoms with E-state index in [0.29, 0.717) is 11.6 Å². The lowest BCUT2D eigenvalue weighted by molar-refractivity contribution is -0.118.